The Morgan fingerprint density at radius 2 is 1.67 bits per heavy atom. The van der Waals surface area contributed by atoms with Crippen molar-refractivity contribution in [2.24, 2.45) is 0 Å². The molecule has 0 aromatic carbocycles. The van der Waals surface area contributed by atoms with E-state index in [0.29, 0.717) is 11.6 Å². The number of anilines is 2. The van der Waals surface area contributed by atoms with Crippen molar-refractivity contribution in [2.45, 2.75) is 13.8 Å². The van der Waals surface area contributed by atoms with Crippen LogP contribution in [0.3, 0.4) is 0 Å². The van der Waals surface area contributed by atoms with Gasteiger partial charge in [0.15, 0.2) is 0 Å². The number of likely N-dealkylation sites (N-methyl/N-ethyl adjacent to an activating group) is 2. The molecular weight excluding hydrogens is 404 g/mol. The normalized spacial score (nSPS) is 18.4. The van der Waals surface area contributed by atoms with Crippen molar-refractivity contribution in [3.63, 3.8) is 0 Å². The van der Waals surface area contributed by atoms with Gasteiger partial charge in [-0.05, 0) is 20.5 Å². The van der Waals surface area contributed by atoms with Gasteiger partial charge in [-0.1, -0.05) is 6.92 Å². The highest BCUT2D eigenvalue weighted by atomic mass is 35.5. The van der Waals surface area contributed by atoms with E-state index in [2.05, 4.69) is 43.5 Å². The number of nitrogens with zero attached hydrogens (tertiary/aromatic N) is 7. The van der Waals surface area contributed by atoms with Crippen LogP contribution in [0.5, 0.6) is 0 Å². The van der Waals surface area contributed by atoms with Gasteiger partial charge in [-0.2, -0.15) is 0 Å². The Hall–Kier alpha value is -2.23. The van der Waals surface area contributed by atoms with Gasteiger partial charge < -0.3 is 19.6 Å². The first-order valence-electron chi connectivity index (χ1n) is 10.4. The van der Waals surface area contributed by atoms with Crippen LogP contribution in [0.15, 0.2) is 17.1 Å². The van der Waals surface area contributed by atoms with Crippen molar-refractivity contribution in [1.82, 2.24) is 29.7 Å². The van der Waals surface area contributed by atoms with Crippen molar-refractivity contribution < 1.29 is 0 Å². The van der Waals surface area contributed by atoms with Crippen LogP contribution in [0, 0.1) is 6.92 Å². The summed E-state index contributed by atoms with van der Waals surface area (Å²) in [5.74, 6) is 1.38. The molecule has 2 fully saturated rings. The van der Waals surface area contributed by atoms with Gasteiger partial charge in [-0.25, -0.2) is 15.0 Å². The SMILES string of the molecule is CCN1CCN(c2ncc(-c3cc(=O)[nH]c(N4CCN(C)CC4)n3)c(C)n2)CC1.Cl. The smallest absolute Gasteiger partial charge is 0.252 e. The van der Waals surface area contributed by atoms with Gasteiger partial charge in [0.1, 0.15) is 0 Å². The lowest BCUT2D eigenvalue weighted by Crippen LogP contribution is -2.46. The van der Waals surface area contributed by atoms with Crippen LogP contribution < -0.4 is 15.4 Å². The molecule has 9 nitrogen and oxygen atoms in total. The predicted molar refractivity (Wildman–Crippen MR) is 122 cm³/mol. The topological polar surface area (TPSA) is 84.5 Å². The number of hydrogen-bond acceptors (Lipinski definition) is 8. The molecule has 2 aromatic heterocycles. The van der Waals surface area contributed by atoms with Crippen molar-refractivity contribution in [3.05, 3.63) is 28.3 Å². The van der Waals surface area contributed by atoms with Crippen LogP contribution >= 0.6 is 12.4 Å². The molecule has 2 saturated heterocycles. The molecule has 0 atom stereocenters. The number of hydrogen-bond donors (Lipinski definition) is 1. The lowest BCUT2D eigenvalue weighted by Gasteiger charge is -2.34. The van der Waals surface area contributed by atoms with E-state index in [0.717, 1.165) is 76.1 Å². The maximum absolute atomic E-state index is 12.3. The highest BCUT2D eigenvalue weighted by molar-refractivity contribution is 5.85. The molecule has 10 heteroatoms. The zero-order valence-corrected chi connectivity index (χ0v) is 18.8. The third-order valence-electron chi connectivity index (χ3n) is 5.88. The quantitative estimate of drug-likeness (QED) is 0.758. The third kappa shape index (κ3) is 4.91. The number of nitrogens with one attached hydrogen (secondary N) is 1. The fourth-order valence-electron chi connectivity index (χ4n) is 3.87. The maximum Gasteiger partial charge on any atom is 0.252 e. The Kier molecular flexibility index (Phi) is 7.27. The molecule has 30 heavy (non-hydrogen) atoms. The average Bonchev–Trinajstić information content (AvgIpc) is 2.74. The van der Waals surface area contributed by atoms with Crippen molar-refractivity contribution in [3.8, 4) is 11.3 Å². The van der Waals surface area contributed by atoms with E-state index in [9.17, 15) is 4.79 Å². The minimum absolute atomic E-state index is 0. The summed E-state index contributed by atoms with van der Waals surface area (Å²) >= 11 is 0. The van der Waals surface area contributed by atoms with Crippen molar-refractivity contribution in [1.29, 1.82) is 0 Å². The summed E-state index contributed by atoms with van der Waals surface area (Å²) in [5, 5.41) is 0. The molecule has 1 N–H and O–H groups in total. The predicted octanol–water partition coefficient (Wildman–Crippen LogP) is 0.851. The standard InChI is InChI=1S/C20H30N8O.ClH/c1-4-26-7-11-27(12-8-26)19-21-14-16(15(2)22-19)17-13-18(29)24-20(23-17)28-9-5-25(3)6-10-28;/h13-14H,4-12H2,1-3H3,(H,23,24,29);1H. The molecular formula is C20H31ClN8O. The fraction of sp³-hybridized carbons (Fsp3) is 0.600. The lowest BCUT2D eigenvalue weighted by molar-refractivity contribution is 0.270. The lowest BCUT2D eigenvalue weighted by atomic mass is 10.1. The molecule has 2 aromatic rings. The third-order valence-corrected chi connectivity index (χ3v) is 5.88. The average molecular weight is 435 g/mol. The molecule has 0 aliphatic carbocycles. The Morgan fingerprint density at radius 3 is 2.30 bits per heavy atom. The number of halogens is 1. The number of aryl methyl sites for hydroxylation is 1. The summed E-state index contributed by atoms with van der Waals surface area (Å²) in [7, 11) is 2.11. The molecule has 2 aliphatic rings. The molecule has 0 spiro atoms. The molecule has 0 bridgehead atoms. The van der Waals surface area contributed by atoms with E-state index < -0.39 is 0 Å². The minimum Gasteiger partial charge on any atom is -0.340 e. The maximum atomic E-state index is 12.3. The van der Waals surface area contributed by atoms with Crippen molar-refractivity contribution >= 4 is 24.3 Å². The summed E-state index contributed by atoms with van der Waals surface area (Å²) < 4.78 is 0. The molecule has 0 saturated carbocycles. The Morgan fingerprint density at radius 1 is 1.00 bits per heavy atom. The van der Waals surface area contributed by atoms with Crippen molar-refractivity contribution in [2.75, 3.05) is 75.8 Å². The molecule has 2 aliphatic heterocycles. The van der Waals surface area contributed by atoms with E-state index in [1.807, 2.05) is 6.92 Å². The first-order valence-corrected chi connectivity index (χ1v) is 10.4. The number of rotatable bonds is 4. The van der Waals surface area contributed by atoms with Crippen LogP contribution in [-0.2, 0) is 0 Å². The molecule has 0 radical (unpaired) electrons. The van der Waals surface area contributed by atoms with Gasteiger partial charge in [-0.15, -0.1) is 12.4 Å². The largest absolute Gasteiger partial charge is 0.340 e. The van der Waals surface area contributed by atoms with Crippen LogP contribution in [0.4, 0.5) is 11.9 Å². The van der Waals surface area contributed by atoms with Gasteiger partial charge in [-0.3, -0.25) is 9.78 Å². The summed E-state index contributed by atoms with van der Waals surface area (Å²) in [4.78, 5) is 38.3. The van der Waals surface area contributed by atoms with E-state index in [1.54, 1.807) is 6.20 Å². The van der Waals surface area contributed by atoms with Crippen LogP contribution in [0.1, 0.15) is 12.6 Å². The Balaban J connectivity index is 0.00000256. The second kappa shape index (κ2) is 9.72. The summed E-state index contributed by atoms with van der Waals surface area (Å²) in [6.45, 7) is 12.8. The summed E-state index contributed by atoms with van der Waals surface area (Å²) in [5.41, 5.74) is 2.13. The van der Waals surface area contributed by atoms with Gasteiger partial charge in [0, 0.05) is 70.2 Å². The van der Waals surface area contributed by atoms with E-state index in [4.69, 9.17) is 9.97 Å². The monoisotopic (exact) mass is 434 g/mol. The first kappa shape index (κ1) is 22.5. The van der Waals surface area contributed by atoms with Crippen LogP contribution in [-0.4, -0.2) is 95.7 Å². The van der Waals surface area contributed by atoms with E-state index in [1.165, 1.54) is 6.07 Å². The fourth-order valence-corrected chi connectivity index (χ4v) is 3.87. The van der Waals surface area contributed by atoms with Gasteiger partial charge >= 0.3 is 0 Å². The van der Waals surface area contributed by atoms with E-state index >= 15 is 0 Å². The zero-order chi connectivity index (χ0) is 20.4. The highest BCUT2D eigenvalue weighted by Gasteiger charge is 2.20. The number of H-pyrrole nitrogens is 1. The van der Waals surface area contributed by atoms with Gasteiger partial charge in [0.05, 0.1) is 11.4 Å². The number of aromatic amines is 1. The summed E-state index contributed by atoms with van der Waals surface area (Å²) in [6.07, 6.45) is 1.80. The Bertz CT molecular complexity index is 904. The highest BCUT2D eigenvalue weighted by Crippen LogP contribution is 2.22. The number of aromatic nitrogens is 4. The molecule has 0 unspecified atom stereocenters. The minimum atomic E-state index is -0.150. The molecule has 4 rings (SSSR count). The molecule has 0 amide bonds. The molecule has 4 heterocycles. The second-order valence-corrected chi connectivity index (χ2v) is 7.83. The Labute approximate surface area is 183 Å². The van der Waals surface area contributed by atoms with Crippen LogP contribution in [0.2, 0.25) is 0 Å². The first-order chi connectivity index (χ1) is 14.0. The second-order valence-electron chi connectivity index (χ2n) is 7.83. The zero-order valence-electron chi connectivity index (χ0n) is 18.0. The van der Waals surface area contributed by atoms with Crippen LogP contribution in [0.25, 0.3) is 11.3 Å². The van der Waals surface area contributed by atoms with Gasteiger partial charge in [0.25, 0.3) is 5.56 Å². The molecule has 164 valence electrons. The van der Waals surface area contributed by atoms with E-state index in [-0.39, 0.29) is 18.0 Å². The summed E-state index contributed by atoms with van der Waals surface area (Å²) in [6, 6.07) is 1.53. The number of piperazine rings is 2. The van der Waals surface area contributed by atoms with Gasteiger partial charge in [0.2, 0.25) is 11.9 Å².